The molecule has 2 atom stereocenters. The molecular formula is C4Cl2F4O2. The van der Waals surface area contributed by atoms with Crippen molar-refractivity contribution in [2.45, 2.75) is 10.6 Å². The second-order valence-corrected chi connectivity index (χ2v) is 2.76. The largest absolute Gasteiger partial charge is 0.416 e. The maximum Gasteiger partial charge on any atom is 0.416 e. The maximum absolute atomic E-state index is 12.5. The van der Waals surface area contributed by atoms with Gasteiger partial charge in [0, 0.05) is 0 Å². The van der Waals surface area contributed by atoms with E-state index in [4.69, 9.17) is 0 Å². The van der Waals surface area contributed by atoms with Gasteiger partial charge in [-0.25, -0.2) is 0 Å². The van der Waals surface area contributed by atoms with Gasteiger partial charge in [0.2, 0.25) is 0 Å². The smallest absolute Gasteiger partial charge is 0.403 e. The van der Waals surface area contributed by atoms with E-state index in [0.29, 0.717) is 0 Å². The molecule has 0 saturated carbocycles. The fourth-order valence-corrected chi connectivity index (χ4v) is 0.667. The van der Waals surface area contributed by atoms with Crippen molar-refractivity contribution in [3.63, 3.8) is 0 Å². The van der Waals surface area contributed by atoms with Crippen molar-refractivity contribution < 1.29 is 27.0 Å². The van der Waals surface area contributed by atoms with Crippen LogP contribution in [0.5, 0.6) is 0 Å². The Morgan fingerprint density at radius 2 is 1.42 bits per heavy atom. The van der Waals surface area contributed by atoms with Gasteiger partial charge < -0.3 is 9.47 Å². The standard InChI is InChI=1S/C4Cl2F4O2/c5-3(9)4(6,10)12-2(11-3)1(7)8. The second kappa shape index (κ2) is 2.56. The van der Waals surface area contributed by atoms with Gasteiger partial charge in [-0.15, -0.1) is 0 Å². The normalized spacial score (nSPS) is 40.7. The fourth-order valence-electron chi connectivity index (χ4n) is 0.450. The molecule has 0 spiro atoms. The number of alkyl halides is 4. The van der Waals surface area contributed by atoms with E-state index in [9.17, 15) is 17.6 Å². The molecule has 0 N–H and O–H groups in total. The molecule has 1 rings (SSSR count). The third-order valence-corrected chi connectivity index (χ3v) is 1.67. The van der Waals surface area contributed by atoms with Crippen LogP contribution in [0, 0.1) is 0 Å². The molecule has 1 heterocycles. The summed E-state index contributed by atoms with van der Waals surface area (Å²) in [5, 5.41) is -7.29. The predicted octanol–water partition coefficient (Wildman–Crippen LogP) is 2.82. The lowest BCUT2D eigenvalue weighted by molar-refractivity contribution is -0.103. The molecule has 1 saturated heterocycles. The Balaban J connectivity index is 2.97. The lowest BCUT2D eigenvalue weighted by Gasteiger charge is -2.14. The molecule has 0 bridgehead atoms. The van der Waals surface area contributed by atoms with Gasteiger partial charge in [0.25, 0.3) is 0 Å². The van der Waals surface area contributed by atoms with Crippen LogP contribution in [0.15, 0.2) is 12.0 Å². The molecule has 2 nitrogen and oxygen atoms in total. The van der Waals surface area contributed by atoms with Gasteiger partial charge in [-0.05, 0) is 23.2 Å². The Morgan fingerprint density at radius 3 is 1.58 bits per heavy atom. The van der Waals surface area contributed by atoms with E-state index in [-0.39, 0.29) is 0 Å². The van der Waals surface area contributed by atoms with Gasteiger partial charge in [0.15, 0.2) is 0 Å². The van der Waals surface area contributed by atoms with Crippen molar-refractivity contribution in [2.24, 2.45) is 0 Å². The van der Waals surface area contributed by atoms with E-state index in [1.54, 1.807) is 0 Å². The summed E-state index contributed by atoms with van der Waals surface area (Å²) < 4.78 is 55.3. The summed E-state index contributed by atoms with van der Waals surface area (Å²) in [4.78, 5) is 0. The number of rotatable bonds is 0. The molecular weight excluding hydrogens is 227 g/mol. The van der Waals surface area contributed by atoms with Gasteiger partial charge in [0.05, 0.1) is 0 Å². The molecule has 2 unspecified atom stereocenters. The molecule has 8 heteroatoms. The summed E-state index contributed by atoms with van der Waals surface area (Å²) in [7, 11) is 0. The zero-order valence-corrected chi connectivity index (χ0v) is 6.60. The second-order valence-electron chi connectivity index (χ2n) is 1.79. The van der Waals surface area contributed by atoms with Gasteiger partial charge in [-0.1, -0.05) is 0 Å². The van der Waals surface area contributed by atoms with E-state index in [0.717, 1.165) is 0 Å². The molecule has 0 aliphatic carbocycles. The quantitative estimate of drug-likeness (QED) is 0.467. The first-order valence-corrected chi connectivity index (χ1v) is 3.21. The molecule has 70 valence electrons. The SMILES string of the molecule is FC(F)=C1OC(F)(Cl)C(F)(Cl)O1. The van der Waals surface area contributed by atoms with E-state index in [1.807, 2.05) is 0 Å². The van der Waals surface area contributed by atoms with Crippen LogP contribution in [0.2, 0.25) is 0 Å². The Hall–Kier alpha value is -0.360. The average molecular weight is 227 g/mol. The highest BCUT2D eigenvalue weighted by Crippen LogP contribution is 2.49. The minimum Gasteiger partial charge on any atom is -0.403 e. The minimum atomic E-state index is -3.65. The lowest BCUT2D eigenvalue weighted by Crippen LogP contribution is -2.34. The Bertz CT molecular complexity index is 217. The van der Waals surface area contributed by atoms with Crippen LogP contribution in [-0.4, -0.2) is 10.6 Å². The van der Waals surface area contributed by atoms with E-state index in [2.05, 4.69) is 32.7 Å². The molecule has 0 aromatic rings. The monoisotopic (exact) mass is 226 g/mol. The van der Waals surface area contributed by atoms with E-state index in [1.165, 1.54) is 0 Å². The van der Waals surface area contributed by atoms with Crippen molar-refractivity contribution in [1.29, 1.82) is 0 Å². The van der Waals surface area contributed by atoms with Crippen LogP contribution in [0.1, 0.15) is 0 Å². The van der Waals surface area contributed by atoms with Crippen LogP contribution in [0.25, 0.3) is 0 Å². The minimum absolute atomic E-state index is 1.66. The summed E-state index contributed by atoms with van der Waals surface area (Å²) in [6.07, 6.45) is -2.56. The highest BCUT2D eigenvalue weighted by Gasteiger charge is 2.65. The average Bonchev–Trinajstić information content (AvgIpc) is 2.03. The van der Waals surface area contributed by atoms with Gasteiger partial charge >= 0.3 is 22.7 Å². The number of hydrogen-bond acceptors (Lipinski definition) is 2. The first-order chi connectivity index (χ1) is 5.26. The zero-order valence-electron chi connectivity index (χ0n) is 5.08. The Morgan fingerprint density at radius 1 is 1.08 bits per heavy atom. The zero-order chi connectivity index (χ0) is 9.57. The third-order valence-electron chi connectivity index (χ3n) is 0.935. The molecule has 1 aliphatic rings. The first kappa shape index (κ1) is 9.73. The maximum atomic E-state index is 12.5. The Labute approximate surface area is 73.6 Å². The molecule has 0 amide bonds. The van der Waals surface area contributed by atoms with Crippen molar-refractivity contribution in [2.75, 3.05) is 0 Å². The molecule has 0 aromatic heterocycles. The highest BCUT2D eigenvalue weighted by molar-refractivity contribution is 6.32. The Kier molecular flexibility index (Phi) is 2.08. The molecule has 1 fully saturated rings. The van der Waals surface area contributed by atoms with Crippen molar-refractivity contribution in [3.05, 3.63) is 12.0 Å². The van der Waals surface area contributed by atoms with Crippen molar-refractivity contribution in [1.82, 2.24) is 0 Å². The van der Waals surface area contributed by atoms with Crippen LogP contribution in [0.4, 0.5) is 17.6 Å². The highest BCUT2D eigenvalue weighted by atomic mass is 35.5. The number of ether oxygens (including phenoxy) is 2. The molecule has 1 aliphatic heterocycles. The molecule has 0 radical (unpaired) electrons. The summed E-state index contributed by atoms with van der Waals surface area (Å²) in [6.45, 7) is 0. The van der Waals surface area contributed by atoms with Gasteiger partial charge in [-0.2, -0.15) is 17.6 Å². The summed E-state index contributed by atoms with van der Waals surface area (Å²) in [5.74, 6) is -1.66. The summed E-state index contributed by atoms with van der Waals surface area (Å²) in [6, 6.07) is 0. The molecule has 12 heavy (non-hydrogen) atoms. The van der Waals surface area contributed by atoms with Crippen molar-refractivity contribution >= 4 is 23.2 Å². The van der Waals surface area contributed by atoms with Crippen LogP contribution >= 0.6 is 23.2 Å². The van der Waals surface area contributed by atoms with E-state index < -0.39 is 22.7 Å². The van der Waals surface area contributed by atoms with Crippen LogP contribution < -0.4 is 0 Å². The number of halogens is 6. The topological polar surface area (TPSA) is 18.5 Å². The van der Waals surface area contributed by atoms with Gasteiger partial charge in [-0.3, -0.25) is 0 Å². The molecule has 0 aromatic carbocycles. The van der Waals surface area contributed by atoms with Gasteiger partial charge in [0.1, 0.15) is 0 Å². The van der Waals surface area contributed by atoms with Crippen molar-refractivity contribution in [3.8, 4) is 0 Å². The lowest BCUT2D eigenvalue weighted by atomic mass is 10.7. The van der Waals surface area contributed by atoms with Crippen LogP contribution in [-0.2, 0) is 9.47 Å². The summed E-state index contributed by atoms with van der Waals surface area (Å²) in [5.41, 5.74) is 0. The predicted molar refractivity (Wildman–Crippen MR) is 30.8 cm³/mol. The number of hydrogen-bond donors (Lipinski definition) is 0. The fraction of sp³-hybridized carbons (Fsp3) is 0.500. The van der Waals surface area contributed by atoms with E-state index >= 15 is 0 Å². The van der Waals surface area contributed by atoms with Crippen LogP contribution in [0.3, 0.4) is 0 Å². The third kappa shape index (κ3) is 1.40. The summed E-state index contributed by atoms with van der Waals surface area (Å²) >= 11 is 9.22. The first-order valence-electron chi connectivity index (χ1n) is 2.45.